The molecule has 2 fully saturated rings. The van der Waals surface area contributed by atoms with Crippen LogP contribution >= 0.6 is 11.8 Å². The zero-order chi connectivity index (χ0) is 12.5. The van der Waals surface area contributed by atoms with Crippen molar-refractivity contribution in [1.29, 1.82) is 0 Å². The fraction of sp³-hybridized carbons (Fsp3) is 0.923. The number of urea groups is 1. The molecule has 17 heavy (non-hydrogen) atoms. The summed E-state index contributed by atoms with van der Waals surface area (Å²) in [6, 6.07) is 0.351. The zero-order valence-corrected chi connectivity index (χ0v) is 11.9. The molecule has 0 bridgehead atoms. The fourth-order valence-corrected chi connectivity index (χ4v) is 4.53. The third-order valence-corrected chi connectivity index (χ3v) is 5.56. The molecular formula is C13H24N2OS. The Morgan fingerprint density at radius 3 is 2.94 bits per heavy atom. The van der Waals surface area contributed by atoms with Crippen molar-refractivity contribution in [2.45, 2.75) is 63.3 Å². The Kier molecular flexibility index (Phi) is 3.91. The molecule has 0 unspecified atom stereocenters. The number of fused-ring (bicyclic) bond motifs is 1. The van der Waals surface area contributed by atoms with E-state index in [1.165, 1.54) is 25.7 Å². The second-order valence-corrected chi connectivity index (χ2v) is 7.25. The molecule has 0 spiro atoms. The summed E-state index contributed by atoms with van der Waals surface area (Å²) in [7, 11) is 0. The van der Waals surface area contributed by atoms with Gasteiger partial charge in [0.15, 0.2) is 0 Å². The minimum atomic E-state index is -0.00946. The lowest BCUT2D eigenvalue weighted by molar-refractivity contribution is 0.246. The third kappa shape index (κ3) is 2.90. The van der Waals surface area contributed by atoms with Crippen molar-refractivity contribution in [3.63, 3.8) is 0 Å². The zero-order valence-electron chi connectivity index (χ0n) is 11.1. The monoisotopic (exact) mass is 256 g/mol. The summed E-state index contributed by atoms with van der Waals surface area (Å²) in [6.45, 7) is 6.72. The summed E-state index contributed by atoms with van der Waals surface area (Å²) in [5.41, 5.74) is -0.00946. The van der Waals surface area contributed by atoms with Gasteiger partial charge < -0.3 is 10.6 Å². The standard InChI is InChI=1S/C13H24N2OS/c1-9(2)6-4-5-7-10-11-13(3,8-17-10)15-12(16)14-11/h9-11H,4-8H2,1-3H3,(H2,14,15,16)/t10-,11+,13-/m0/s1. The molecule has 2 saturated heterocycles. The quantitative estimate of drug-likeness (QED) is 0.586. The molecule has 0 saturated carbocycles. The van der Waals surface area contributed by atoms with Gasteiger partial charge in [-0.3, -0.25) is 0 Å². The number of hydrogen-bond acceptors (Lipinski definition) is 2. The van der Waals surface area contributed by atoms with Gasteiger partial charge in [0.1, 0.15) is 0 Å². The van der Waals surface area contributed by atoms with Crippen LogP contribution in [0.2, 0.25) is 0 Å². The summed E-state index contributed by atoms with van der Waals surface area (Å²) in [5.74, 6) is 1.86. The molecule has 2 N–H and O–H groups in total. The Bertz CT molecular complexity index is 295. The first-order valence-corrected chi connectivity index (χ1v) is 7.76. The number of thioether (sulfide) groups is 1. The lowest BCUT2D eigenvalue weighted by atomic mass is 9.91. The maximum absolute atomic E-state index is 11.4. The van der Waals surface area contributed by atoms with Crippen molar-refractivity contribution < 1.29 is 4.79 Å². The van der Waals surface area contributed by atoms with Crippen LogP contribution in [0.15, 0.2) is 0 Å². The normalized spacial score (nSPS) is 35.9. The van der Waals surface area contributed by atoms with Crippen LogP contribution in [0.1, 0.15) is 46.5 Å². The average Bonchev–Trinajstić information content (AvgIpc) is 2.66. The lowest BCUT2D eigenvalue weighted by Crippen LogP contribution is -2.47. The summed E-state index contributed by atoms with van der Waals surface area (Å²) in [4.78, 5) is 11.4. The van der Waals surface area contributed by atoms with Gasteiger partial charge in [0.05, 0.1) is 11.6 Å². The van der Waals surface area contributed by atoms with Gasteiger partial charge in [0, 0.05) is 11.0 Å². The lowest BCUT2D eigenvalue weighted by Gasteiger charge is -2.23. The van der Waals surface area contributed by atoms with E-state index < -0.39 is 0 Å². The number of carbonyl (C=O) groups excluding carboxylic acids is 1. The Hall–Kier alpha value is -0.380. The van der Waals surface area contributed by atoms with E-state index in [9.17, 15) is 4.79 Å². The fourth-order valence-electron chi connectivity index (χ4n) is 2.83. The number of carbonyl (C=O) groups is 1. The van der Waals surface area contributed by atoms with Crippen LogP contribution in [0.5, 0.6) is 0 Å². The van der Waals surface area contributed by atoms with Gasteiger partial charge in [-0.15, -0.1) is 0 Å². The molecule has 3 atom stereocenters. The van der Waals surface area contributed by atoms with Crippen molar-refractivity contribution in [3.05, 3.63) is 0 Å². The average molecular weight is 256 g/mol. The van der Waals surface area contributed by atoms with E-state index >= 15 is 0 Å². The van der Waals surface area contributed by atoms with E-state index in [2.05, 4.69) is 31.4 Å². The van der Waals surface area contributed by atoms with E-state index in [4.69, 9.17) is 0 Å². The highest BCUT2D eigenvalue weighted by molar-refractivity contribution is 8.00. The maximum atomic E-state index is 11.4. The number of unbranched alkanes of at least 4 members (excludes halogenated alkanes) is 1. The molecule has 0 radical (unpaired) electrons. The Labute approximate surface area is 108 Å². The third-order valence-electron chi connectivity index (χ3n) is 3.86. The molecule has 0 aliphatic carbocycles. The molecule has 0 aromatic heterocycles. The second-order valence-electron chi connectivity index (χ2n) is 6.02. The van der Waals surface area contributed by atoms with E-state index in [1.54, 1.807) is 0 Å². The molecule has 0 aromatic carbocycles. The maximum Gasteiger partial charge on any atom is 0.315 e. The van der Waals surface area contributed by atoms with Crippen LogP contribution in [0.3, 0.4) is 0 Å². The van der Waals surface area contributed by atoms with Crippen molar-refractivity contribution in [1.82, 2.24) is 10.6 Å². The highest BCUT2D eigenvalue weighted by atomic mass is 32.2. The van der Waals surface area contributed by atoms with Crippen molar-refractivity contribution >= 4 is 17.8 Å². The predicted octanol–water partition coefficient (Wildman–Crippen LogP) is 2.76. The van der Waals surface area contributed by atoms with Gasteiger partial charge in [-0.05, 0) is 19.3 Å². The van der Waals surface area contributed by atoms with Crippen LogP contribution in [0.25, 0.3) is 0 Å². The van der Waals surface area contributed by atoms with Crippen LogP contribution in [0, 0.1) is 5.92 Å². The predicted molar refractivity (Wildman–Crippen MR) is 73.4 cm³/mol. The first kappa shape index (κ1) is 13.1. The number of amides is 2. The highest BCUT2D eigenvalue weighted by Crippen LogP contribution is 2.39. The number of rotatable bonds is 5. The first-order valence-electron chi connectivity index (χ1n) is 6.71. The van der Waals surface area contributed by atoms with Crippen LogP contribution in [0.4, 0.5) is 4.79 Å². The second kappa shape index (κ2) is 5.09. The number of hydrogen-bond donors (Lipinski definition) is 2. The molecule has 4 heteroatoms. The van der Waals surface area contributed by atoms with Crippen LogP contribution in [-0.2, 0) is 0 Å². The minimum absolute atomic E-state index is 0.00946. The van der Waals surface area contributed by atoms with Gasteiger partial charge in [-0.2, -0.15) is 11.8 Å². The van der Waals surface area contributed by atoms with Gasteiger partial charge >= 0.3 is 6.03 Å². The van der Waals surface area contributed by atoms with E-state index in [0.29, 0.717) is 11.3 Å². The van der Waals surface area contributed by atoms with Crippen molar-refractivity contribution in [2.24, 2.45) is 5.92 Å². The first-order chi connectivity index (χ1) is 8.01. The molecule has 2 aliphatic heterocycles. The molecule has 2 rings (SSSR count). The summed E-state index contributed by atoms with van der Waals surface area (Å²) in [6.07, 6.45) is 5.17. The largest absolute Gasteiger partial charge is 0.332 e. The topological polar surface area (TPSA) is 41.1 Å². The van der Waals surface area contributed by atoms with Crippen molar-refractivity contribution in [3.8, 4) is 0 Å². The van der Waals surface area contributed by atoms with Crippen LogP contribution < -0.4 is 10.6 Å². The summed E-state index contributed by atoms with van der Waals surface area (Å²) < 4.78 is 0. The highest BCUT2D eigenvalue weighted by Gasteiger charge is 2.51. The minimum Gasteiger partial charge on any atom is -0.332 e. The molecule has 0 aromatic rings. The molecule has 3 nitrogen and oxygen atoms in total. The van der Waals surface area contributed by atoms with Gasteiger partial charge in [0.25, 0.3) is 0 Å². The van der Waals surface area contributed by atoms with Crippen molar-refractivity contribution in [2.75, 3.05) is 5.75 Å². The Morgan fingerprint density at radius 1 is 1.47 bits per heavy atom. The molecular weight excluding hydrogens is 232 g/mol. The Morgan fingerprint density at radius 2 is 2.24 bits per heavy atom. The van der Waals surface area contributed by atoms with Gasteiger partial charge in [0.2, 0.25) is 0 Å². The van der Waals surface area contributed by atoms with E-state index in [-0.39, 0.29) is 11.6 Å². The Balaban J connectivity index is 1.77. The van der Waals surface area contributed by atoms with Gasteiger partial charge in [-0.25, -0.2) is 4.79 Å². The summed E-state index contributed by atoms with van der Waals surface area (Å²) >= 11 is 2.02. The molecule has 2 aliphatic rings. The summed E-state index contributed by atoms with van der Waals surface area (Å²) in [5, 5.41) is 6.75. The molecule has 2 heterocycles. The SMILES string of the molecule is CC(C)CCCC[C@@H]1SC[C@]2(C)NC(=O)N[C@H]12. The molecule has 2 amide bonds. The van der Waals surface area contributed by atoms with E-state index in [0.717, 1.165) is 11.7 Å². The molecule has 98 valence electrons. The number of nitrogens with one attached hydrogen (secondary N) is 2. The van der Waals surface area contributed by atoms with Gasteiger partial charge in [-0.1, -0.05) is 33.1 Å². The van der Waals surface area contributed by atoms with Crippen LogP contribution in [-0.4, -0.2) is 28.6 Å². The smallest absolute Gasteiger partial charge is 0.315 e. The van der Waals surface area contributed by atoms with E-state index in [1.807, 2.05) is 11.8 Å².